The van der Waals surface area contributed by atoms with Crippen LogP contribution in [0, 0.1) is 12.7 Å². The van der Waals surface area contributed by atoms with Crippen LogP contribution in [0.3, 0.4) is 0 Å². The largest absolute Gasteiger partial charge is 0.308 e. The van der Waals surface area contributed by atoms with E-state index in [1.165, 1.54) is 11.3 Å². The molecule has 3 nitrogen and oxygen atoms in total. The third-order valence-corrected chi connectivity index (χ3v) is 3.51. The fraction of sp³-hybridized carbons (Fsp3) is 0.385. The monoisotopic (exact) mass is 265 g/mol. The second kappa shape index (κ2) is 5.54. The molecule has 0 spiro atoms. The molecule has 1 N–H and O–H groups in total. The van der Waals surface area contributed by atoms with E-state index < -0.39 is 0 Å². The summed E-state index contributed by atoms with van der Waals surface area (Å²) in [5.41, 5.74) is 1.16. The summed E-state index contributed by atoms with van der Waals surface area (Å²) >= 11 is 1.43. The molecular weight excluding hydrogens is 249 g/mol. The molecule has 0 aliphatic carbocycles. The summed E-state index contributed by atoms with van der Waals surface area (Å²) in [7, 11) is 0. The van der Waals surface area contributed by atoms with Crippen LogP contribution in [0.2, 0.25) is 0 Å². The Balaban J connectivity index is 2.21. The Labute approximate surface area is 110 Å². The van der Waals surface area contributed by atoms with Crippen molar-refractivity contribution in [1.82, 2.24) is 15.5 Å². The molecular formula is C13H16FN3S. The highest BCUT2D eigenvalue weighted by molar-refractivity contribution is 7.14. The van der Waals surface area contributed by atoms with Gasteiger partial charge < -0.3 is 5.32 Å². The summed E-state index contributed by atoms with van der Waals surface area (Å²) in [6, 6.07) is 5.72. The number of nitrogens with one attached hydrogen (secondary N) is 1. The molecule has 0 fully saturated rings. The molecule has 0 bridgehead atoms. The van der Waals surface area contributed by atoms with Crippen molar-refractivity contribution in [3.05, 3.63) is 34.6 Å². The Kier molecular flexibility index (Phi) is 4.04. The molecule has 1 heterocycles. The molecule has 0 atom stereocenters. The van der Waals surface area contributed by atoms with Crippen LogP contribution in [0.5, 0.6) is 0 Å². The van der Waals surface area contributed by atoms with Gasteiger partial charge in [0.05, 0.1) is 0 Å². The summed E-state index contributed by atoms with van der Waals surface area (Å²) < 4.78 is 13.9. The summed E-state index contributed by atoms with van der Waals surface area (Å²) in [6.07, 6.45) is 0. The van der Waals surface area contributed by atoms with E-state index >= 15 is 0 Å². The minimum atomic E-state index is -0.211. The van der Waals surface area contributed by atoms with Gasteiger partial charge in [-0.15, -0.1) is 10.2 Å². The average Bonchev–Trinajstić information content (AvgIpc) is 2.78. The maximum Gasteiger partial charge on any atom is 0.150 e. The van der Waals surface area contributed by atoms with Gasteiger partial charge >= 0.3 is 0 Å². The number of halogens is 1. The zero-order valence-corrected chi connectivity index (χ0v) is 11.5. The number of aromatic nitrogens is 2. The normalized spacial score (nSPS) is 11.2. The van der Waals surface area contributed by atoms with Crippen molar-refractivity contribution in [3.8, 4) is 10.6 Å². The summed E-state index contributed by atoms with van der Waals surface area (Å²) in [5.74, 6) is -0.211. The zero-order valence-electron chi connectivity index (χ0n) is 10.7. The van der Waals surface area contributed by atoms with E-state index in [4.69, 9.17) is 0 Å². The van der Waals surface area contributed by atoms with Crippen molar-refractivity contribution in [3.63, 3.8) is 0 Å². The Hall–Kier alpha value is -1.33. The molecule has 18 heavy (non-hydrogen) atoms. The minimum absolute atomic E-state index is 0.211. The van der Waals surface area contributed by atoms with Crippen molar-refractivity contribution >= 4 is 11.3 Å². The predicted octanol–water partition coefficient (Wildman–Crippen LogP) is 3.15. The summed E-state index contributed by atoms with van der Waals surface area (Å²) in [6.45, 7) is 6.56. The molecule has 1 aromatic carbocycles. The van der Waals surface area contributed by atoms with Gasteiger partial charge in [0.15, 0.2) is 5.01 Å². The van der Waals surface area contributed by atoms with E-state index in [-0.39, 0.29) is 5.82 Å². The minimum Gasteiger partial charge on any atom is -0.308 e. The number of aryl methyl sites for hydroxylation is 1. The molecule has 5 heteroatoms. The lowest BCUT2D eigenvalue weighted by Gasteiger charge is -2.03. The van der Waals surface area contributed by atoms with E-state index in [1.54, 1.807) is 19.1 Å². The van der Waals surface area contributed by atoms with E-state index in [2.05, 4.69) is 29.4 Å². The summed E-state index contributed by atoms with van der Waals surface area (Å²) in [5, 5.41) is 12.9. The van der Waals surface area contributed by atoms with Crippen LogP contribution in [-0.4, -0.2) is 16.2 Å². The Bertz CT molecular complexity index is 537. The number of rotatable bonds is 4. The quantitative estimate of drug-likeness (QED) is 0.922. The highest BCUT2D eigenvalue weighted by Gasteiger charge is 2.12. The van der Waals surface area contributed by atoms with Crippen LogP contribution in [0.4, 0.5) is 4.39 Å². The fourth-order valence-electron chi connectivity index (χ4n) is 1.54. The number of benzene rings is 1. The fourth-order valence-corrected chi connectivity index (χ4v) is 2.35. The third-order valence-electron chi connectivity index (χ3n) is 2.55. The van der Waals surface area contributed by atoms with Crippen LogP contribution < -0.4 is 5.32 Å². The molecule has 2 aromatic rings. The molecule has 0 aliphatic heterocycles. The lowest BCUT2D eigenvalue weighted by molar-refractivity contribution is 0.585. The molecule has 1 aromatic heterocycles. The van der Waals surface area contributed by atoms with Gasteiger partial charge in [0.1, 0.15) is 10.8 Å². The van der Waals surface area contributed by atoms with E-state index in [1.807, 2.05) is 6.07 Å². The first-order chi connectivity index (χ1) is 8.58. The lowest BCUT2D eigenvalue weighted by atomic mass is 10.1. The van der Waals surface area contributed by atoms with Crippen molar-refractivity contribution < 1.29 is 4.39 Å². The second-order valence-corrected chi connectivity index (χ2v) is 5.54. The van der Waals surface area contributed by atoms with Crippen molar-refractivity contribution in [2.75, 3.05) is 0 Å². The smallest absolute Gasteiger partial charge is 0.150 e. The Morgan fingerprint density at radius 3 is 2.83 bits per heavy atom. The van der Waals surface area contributed by atoms with Crippen LogP contribution in [-0.2, 0) is 6.54 Å². The van der Waals surface area contributed by atoms with Gasteiger partial charge in [-0.2, -0.15) is 0 Å². The number of hydrogen-bond acceptors (Lipinski definition) is 4. The first-order valence-corrected chi connectivity index (χ1v) is 6.71. The highest BCUT2D eigenvalue weighted by Crippen LogP contribution is 2.27. The molecule has 2 rings (SSSR count). The summed E-state index contributed by atoms with van der Waals surface area (Å²) in [4.78, 5) is 0. The number of hydrogen-bond donors (Lipinski definition) is 1. The first-order valence-electron chi connectivity index (χ1n) is 5.89. The topological polar surface area (TPSA) is 37.8 Å². The van der Waals surface area contributed by atoms with Crippen LogP contribution in [0.15, 0.2) is 18.2 Å². The van der Waals surface area contributed by atoms with Crippen LogP contribution in [0.25, 0.3) is 10.6 Å². The second-order valence-electron chi connectivity index (χ2n) is 4.47. The molecule has 0 aliphatic rings. The first kappa shape index (κ1) is 13.1. The van der Waals surface area contributed by atoms with Gasteiger partial charge in [0, 0.05) is 18.2 Å². The molecule has 96 valence electrons. The van der Waals surface area contributed by atoms with Crippen LogP contribution >= 0.6 is 11.3 Å². The van der Waals surface area contributed by atoms with E-state index in [0.29, 0.717) is 28.7 Å². The average molecular weight is 265 g/mol. The molecule has 0 saturated heterocycles. The third kappa shape index (κ3) is 2.91. The van der Waals surface area contributed by atoms with E-state index in [0.717, 1.165) is 5.01 Å². The van der Waals surface area contributed by atoms with Crippen LogP contribution in [0.1, 0.15) is 24.4 Å². The SMILES string of the molecule is Cc1cccc(-c2nnc(CNC(C)C)s2)c1F. The van der Waals surface area contributed by atoms with Gasteiger partial charge in [0.2, 0.25) is 0 Å². The highest BCUT2D eigenvalue weighted by atomic mass is 32.1. The zero-order chi connectivity index (χ0) is 13.1. The van der Waals surface area contributed by atoms with E-state index in [9.17, 15) is 4.39 Å². The van der Waals surface area contributed by atoms with Gasteiger partial charge in [-0.25, -0.2) is 4.39 Å². The van der Waals surface area contributed by atoms with Crippen molar-refractivity contribution in [1.29, 1.82) is 0 Å². The lowest BCUT2D eigenvalue weighted by Crippen LogP contribution is -2.21. The van der Waals surface area contributed by atoms with Gasteiger partial charge in [0.25, 0.3) is 0 Å². The van der Waals surface area contributed by atoms with Crippen molar-refractivity contribution in [2.24, 2.45) is 0 Å². The maximum absolute atomic E-state index is 13.9. The standard InChI is InChI=1S/C13H16FN3S/c1-8(2)15-7-11-16-17-13(18-11)10-6-4-5-9(3)12(10)14/h4-6,8,15H,7H2,1-3H3. The van der Waals surface area contributed by atoms with Crippen molar-refractivity contribution in [2.45, 2.75) is 33.4 Å². The molecule has 0 radical (unpaired) electrons. The van der Waals surface area contributed by atoms with Gasteiger partial charge in [-0.05, 0) is 18.6 Å². The molecule has 0 unspecified atom stereocenters. The maximum atomic E-state index is 13.9. The Morgan fingerprint density at radius 2 is 2.11 bits per heavy atom. The Morgan fingerprint density at radius 1 is 1.33 bits per heavy atom. The van der Waals surface area contributed by atoms with Gasteiger partial charge in [-0.3, -0.25) is 0 Å². The predicted molar refractivity (Wildman–Crippen MR) is 72.0 cm³/mol. The number of nitrogens with zero attached hydrogens (tertiary/aromatic N) is 2. The molecule has 0 saturated carbocycles. The van der Waals surface area contributed by atoms with Gasteiger partial charge in [-0.1, -0.05) is 37.3 Å². The molecule has 0 amide bonds.